The molecule has 1 aromatic carbocycles. The third-order valence-corrected chi connectivity index (χ3v) is 7.61. The Bertz CT molecular complexity index is 1290. The predicted octanol–water partition coefficient (Wildman–Crippen LogP) is 4.56. The number of anilines is 2. The number of hydrogen-bond donors (Lipinski definition) is 1. The minimum atomic E-state index is -3.78. The van der Waals surface area contributed by atoms with E-state index in [1.165, 1.54) is 11.3 Å². The summed E-state index contributed by atoms with van der Waals surface area (Å²) in [6.45, 7) is 5.65. The molecule has 0 unspecified atom stereocenters. The molecule has 0 spiro atoms. The van der Waals surface area contributed by atoms with Crippen LogP contribution in [0.15, 0.2) is 46.0 Å². The van der Waals surface area contributed by atoms with E-state index in [0.717, 1.165) is 30.1 Å². The van der Waals surface area contributed by atoms with Crippen molar-refractivity contribution in [3.8, 4) is 0 Å². The summed E-state index contributed by atoms with van der Waals surface area (Å²) in [5, 5.41) is 8.17. The molecule has 1 N–H and O–H groups in total. The van der Waals surface area contributed by atoms with Gasteiger partial charge in [0.15, 0.2) is 0 Å². The zero-order valence-electron chi connectivity index (χ0n) is 15.3. The summed E-state index contributed by atoms with van der Waals surface area (Å²) >= 11 is 4.80. The molecule has 0 aliphatic rings. The molecule has 0 aliphatic carbocycles. The highest BCUT2D eigenvalue weighted by Crippen LogP contribution is 2.38. The second-order valence-corrected chi connectivity index (χ2v) is 10.1. The number of nitrogens with one attached hydrogen (secondary N) is 1. The van der Waals surface area contributed by atoms with Crippen LogP contribution < -0.4 is 5.32 Å². The monoisotopic (exact) mass is 477 g/mol. The van der Waals surface area contributed by atoms with Gasteiger partial charge in [-0.25, -0.2) is 9.97 Å². The number of hydrogen-bond acceptors (Lipinski definition) is 7. The average Bonchev–Trinajstić information content (AvgIpc) is 3.18. The molecular weight excluding hydrogens is 462 g/mol. The van der Waals surface area contributed by atoms with Crippen molar-refractivity contribution >= 4 is 59.0 Å². The van der Waals surface area contributed by atoms with Gasteiger partial charge in [0.1, 0.15) is 16.5 Å². The lowest BCUT2D eigenvalue weighted by Crippen LogP contribution is -2.13. The maximum Gasteiger partial charge on any atom is 0.284 e. The molecule has 4 rings (SSSR count). The van der Waals surface area contributed by atoms with Gasteiger partial charge in [-0.2, -0.15) is 13.5 Å². The summed E-state index contributed by atoms with van der Waals surface area (Å²) in [7, 11) is -3.78. The fourth-order valence-electron chi connectivity index (χ4n) is 2.77. The molecule has 144 valence electrons. The number of aromatic nitrogens is 4. The van der Waals surface area contributed by atoms with Crippen LogP contribution in [0.1, 0.15) is 16.3 Å². The van der Waals surface area contributed by atoms with Gasteiger partial charge in [0.2, 0.25) is 0 Å². The Balaban J connectivity index is 1.81. The van der Waals surface area contributed by atoms with E-state index in [1.54, 1.807) is 43.6 Å². The van der Waals surface area contributed by atoms with Gasteiger partial charge in [0.25, 0.3) is 10.0 Å². The number of fused-ring (bicyclic) bond motifs is 1. The molecule has 0 radical (unpaired) electrons. The first-order chi connectivity index (χ1) is 13.3. The van der Waals surface area contributed by atoms with Crippen LogP contribution in [0, 0.1) is 20.8 Å². The Kier molecular flexibility index (Phi) is 4.72. The largest absolute Gasteiger partial charge is 0.338 e. The number of nitrogens with zero attached hydrogens (tertiary/aromatic N) is 4. The molecule has 3 heterocycles. The van der Waals surface area contributed by atoms with Gasteiger partial charge in [-0.3, -0.25) is 0 Å². The highest BCUT2D eigenvalue weighted by Gasteiger charge is 2.24. The Morgan fingerprint density at radius 2 is 1.82 bits per heavy atom. The van der Waals surface area contributed by atoms with Crippen LogP contribution in [-0.4, -0.2) is 27.6 Å². The lowest BCUT2D eigenvalue weighted by molar-refractivity contribution is 0.582. The molecule has 4 aromatic rings. The summed E-state index contributed by atoms with van der Waals surface area (Å²) in [5.74, 6) is 1.25. The molecule has 0 atom stereocenters. The molecule has 28 heavy (non-hydrogen) atoms. The van der Waals surface area contributed by atoms with E-state index in [0.29, 0.717) is 16.5 Å². The number of thiophene rings is 1. The molecule has 0 saturated heterocycles. The number of benzene rings is 1. The minimum absolute atomic E-state index is 0.206. The van der Waals surface area contributed by atoms with E-state index in [-0.39, 0.29) is 4.90 Å². The van der Waals surface area contributed by atoms with Crippen LogP contribution in [0.5, 0.6) is 0 Å². The maximum atomic E-state index is 13.1. The van der Waals surface area contributed by atoms with Gasteiger partial charge in [0, 0.05) is 11.1 Å². The van der Waals surface area contributed by atoms with Crippen molar-refractivity contribution in [3.05, 3.63) is 57.4 Å². The van der Waals surface area contributed by atoms with Gasteiger partial charge >= 0.3 is 0 Å². The fourth-order valence-corrected chi connectivity index (χ4v) is 5.58. The normalized spacial score (nSPS) is 11.9. The van der Waals surface area contributed by atoms with Crippen LogP contribution in [-0.2, 0) is 10.0 Å². The molecule has 0 saturated carbocycles. The lowest BCUT2D eigenvalue weighted by Gasteiger charge is -2.07. The first-order valence-corrected chi connectivity index (χ1v) is 11.4. The van der Waals surface area contributed by atoms with Crippen molar-refractivity contribution in [3.63, 3.8) is 0 Å². The Labute approximate surface area is 174 Å². The Morgan fingerprint density at radius 1 is 1.11 bits per heavy atom. The van der Waals surface area contributed by atoms with Crippen LogP contribution in [0.3, 0.4) is 0 Å². The van der Waals surface area contributed by atoms with E-state index in [9.17, 15) is 8.42 Å². The van der Waals surface area contributed by atoms with Gasteiger partial charge in [-0.15, -0.1) is 15.4 Å². The summed E-state index contributed by atoms with van der Waals surface area (Å²) in [6, 6.07) is 6.74. The second kappa shape index (κ2) is 6.94. The lowest BCUT2D eigenvalue weighted by atomic mass is 10.2. The van der Waals surface area contributed by atoms with E-state index >= 15 is 0 Å². The molecule has 3 aromatic heterocycles. The average molecular weight is 478 g/mol. The molecule has 7 nitrogen and oxygen atoms in total. The quantitative estimate of drug-likeness (QED) is 0.463. The first-order valence-electron chi connectivity index (χ1n) is 8.33. The van der Waals surface area contributed by atoms with E-state index in [1.807, 2.05) is 13.8 Å². The van der Waals surface area contributed by atoms with E-state index < -0.39 is 10.0 Å². The van der Waals surface area contributed by atoms with Crippen molar-refractivity contribution in [1.29, 1.82) is 0 Å². The highest BCUT2D eigenvalue weighted by molar-refractivity contribution is 9.10. The summed E-state index contributed by atoms with van der Waals surface area (Å²) in [5.41, 5.74) is 1.78. The van der Waals surface area contributed by atoms with Crippen molar-refractivity contribution in [2.24, 2.45) is 0 Å². The smallest absolute Gasteiger partial charge is 0.284 e. The number of aryl methyl sites for hydroxylation is 3. The minimum Gasteiger partial charge on any atom is -0.338 e. The van der Waals surface area contributed by atoms with Crippen LogP contribution in [0.4, 0.5) is 11.5 Å². The Morgan fingerprint density at radius 3 is 2.54 bits per heavy atom. The second-order valence-electron chi connectivity index (χ2n) is 6.30. The molecule has 0 fully saturated rings. The summed E-state index contributed by atoms with van der Waals surface area (Å²) < 4.78 is 27.9. The van der Waals surface area contributed by atoms with Gasteiger partial charge in [-0.1, -0.05) is 17.7 Å². The third-order valence-electron chi connectivity index (χ3n) is 4.22. The predicted molar refractivity (Wildman–Crippen MR) is 114 cm³/mol. The number of rotatable bonds is 4. The van der Waals surface area contributed by atoms with Crippen molar-refractivity contribution in [2.45, 2.75) is 25.7 Å². The standard InChI is InChI=1S/C18H16BrN5O2S2/c1-10-4-6-13(7-5-10)28(25,26)24-18-14(8-21-24)16(11(2)27-18)23-17-15(19)9-20-12(3)22-17/h4-9H,1-3H3,(H,20,22,23). The van der Waals surface area contributed by atoms with Gasteiger partial charge in [0.05, 0.1) is 26.6 Å². The Hall–Kier alpha value is -2.30. The highest BCUT2D eigenvalue weighted by atomic mass is 79.9. The maximum absolute atomic E-state index is 13.1. The summed E-state index contributed by atoms with van der Waals surface area (Å²) in [4.78, 5) is 10.2. The van der Waals surface area contributed by atoms with Crippen LogP contribution >= 0.6 is 27.3 Å². The topological polar surface area (TPSA) is 89.8 Å². The number of halogens is 1. The van der Waals surface area contributed by atoms with E-state index in [4.69, 9.17) is 0 Å². The molecule has 0 bridgehead atoms. The molecule has 10 heteroatoms. The van der Waals surface area contributed by atoms with Crippen LogP contribution in [0.2, 0.25) is 0 Å². The van der Waals surface area contributed by atoms with Crippen molar-refractivity contribution in [1.82, 2.24) is 19.2 Å². The summed E-state index contributed by atoms with van der Waals surface area (Å²) in [6.07, 6.45) is 3.24. The third kappa shape index (κ3) is 3.21. The van der Waals surface area contributed by atoms with Gasteiger partial charge < -0.3 is 5.32 Å². The first kappa shape index (κ1) is 19.0. The zero-order valence-corrected chi connectivity index (χ0v) is 18.5. The SMILES string of the molecule is Cc1ccc(S(=O)(=O)n2ncc3c(Nc4nc(C)ncc4Br)c(C)sc32)cc1. The molecule has 0 aliphatic heterocycles. The van der Waals surface area contributed by atoms with E-state index in [2.05, 4.69) is 36.3 Å². The van der Waals surface area contributed by atoms with Crippen LogP contribution in [0.25, 0.3) is 10.2 Å². The zero-order chi connectivity index (χ0) is 20.1. The molecule has 0 amide bonds. The van der Waals surface area contributed by atoms with Crippen molar-refractivity contribution < 1.29 is 8.42 Å². The van der Waals surface area contributed by atoms with Crippen molar-refractivity contribution in [2.75, 3.05) is 5.32 Å². The molecular formula is C18H16BrN5O2S2. The van der Waals surface area contributed by atoms with Gasteiger partial charge in [-0.05, 0) is 48.8 Å². The fraction of sp³-hybridized carbons (Fsp3) is 0.167.